The van der Waals surface area contributed by atoms with Gasteiger partial charge in [0, 0.05) is 11.3 Å². The minimum Gasteiger partial charge on any atom is -0.452 e. The van der Waals surface area contributed by atoms with Crippen molar-refractivity contribution in [1.82, 2.24) is 0 Å². The number of rotatable bonds is 7. The Morgan fingerprint density at radius 1 is 0.967 bits per heavy atom. The molecule has 3 aromatic carbocycles. The normalized spacial score (nSPS) is 10.3. The molecule has 0 radical (unpaired) electrons. The summed E-state index contributed by atoms with van der Waals surface area (Å²) in [4.78, 5) is 35.2. The Hall–Kier alpha value is -4.00. The van der Waals surface area contributed by atoms with Gasteiger partial charge in [-0.15, -0.1) is 0 Å². The van der Waals surface area contributed by atoms with E-state index >= 15 is 0 Å². The fourth-order valence-electron chi connectivity index (χ4n) is 3.07. The van der Waals surface area contributed by atoms with Crippen LogP contribution in [-0.2, 0) is 16.0 Å². The van der Waals surface area contributed by atoms with Crippen molar-refractivity contribution in [2.75, 3.05) is 11.9 Å². The number of carbonyl (C=O) groups is 2. The van der Waals surface area contributed by atoms with Gasteiger partial charge >= 0.3 is 5.97 Å². The zero-order valence-electron chi connectivity index (χ0n) is 16.3. The largest absolute Gasteiger partial charge is 0.452 e. The summed E-state index contributed by atoms with van der Waals surface area (Å²) < 4.78 is 5.01. The summed E-state index contributed by atoms with van der Waals surface area (Å²) in [5.74, 6) is -1.45. The van der Waals surface area contributed by atoms with Crippen LogP contribution in [0.4, 0.5) is 11.4 Å². The number of nitrogens with one attached hydrogen (secondary N) is 1. The minimum atomic E-state index is -0.918. The first-order valence-corrected chi connectivity index (χ1v) is 9.28. The first kappa shape index (κ1) is 20.7. The van der Waals surface area contributed by atoms with Crippen molar-refractivity contribution < 1.29 is 19.2 Å². The molecule has 0 saturated heterocycles. The summed E-state index contributed by atoms with van der Waals surface area (Å²) in [6.45, 7) is 0.981. The molecule has 0 aliphatic rings. The van der Waals surface area contributed by atoms with E-state index in [0.29, 0.717) is 17.7 Å². The molecule has 0 fully saturated rings. The van der Waals surface area contributed by atoms with Gasteiger partial charge in [-0.3, -0.25) is 14.9 Å². The van der Waals surface area contributed by atoms with E-state index in [1.165, 1.54) is 25.1 Å². The number of nitrogens with zero attached hydrogens (tertiary/aromatic N) is 1. The van der Waals surface area contributed by atoms with E-state index < -0.39 is 23.4 Å². The van der Waals surface area contributed by atoms with Crippen molar-refractivity contribution >= 4 is 23.3 Å². The van der Waals surface area contributed by atoms with Gasteiger partial charge in [0.1, 0.15) is 5.56 Å². The van der Waals surface area contributed by atoms with Crippen LogP contribution in [0, 0.1) is 17.0 Å². The highest BCUT2D eigenvalue weighted by Crippen LogP contribution is 2.24. The number of esters is 1. The van der Waals surface area contributed by atoms with Gasteiger partial charge in [0.15, 0.2) is 6.61 Å². The molecule has 30 heavy (non-hydrogen) atoms. The highest BCUT2D eigenvalue weighted by atomic mass is 16.6. The number of nitro benzene ring substituents is 1. The maximum Gasteiger partial charge on any atom is 0.345 e. The lowest BCUT2D eigenvalue weighted by molar-refractivity contribution is -0.385. The molecule has 152 valence electrons. The first-order valence-electron chi connectivity index (χ1n) is 9.28. The number of carbonyl (C=O) groups excluding carboxylic acids is 2. The van der Waals surface area contributed by atoms with Gasteiger partial charge in [0.25, 0.3) is 11.6 Å². The van der Waals surface area contributed by atoms with Crippen molar-refractivity contribution in [2.24, 2.45) is 0 Å². The molecule has 3 rings (SSSR count). The molecule has 0 bridgehead atoms. The summed E-state index contributed by atoms with van der Waals surface area (Å²) in [5, 5.41) is 14.0. The van der Waals surface area contributed by atoms with E-state index in [2.05, 4.69) is 5.32 Å². The third-order valence-corrected chi connectivity index (χ3v) is 4.50. The van der Waals surface area contributed by atoms with E-state index in [9.17, 15) is 19.7 Å². The third-order valence-electron chi connectivity index (χ3n) is 4.50. The number of anilines is 1. The summed E-state index contributed by atoms with van der Waals surface area (Å²) in [6.07, 6.45) is 0.632. The molecular formula is C23H20N2O5. The Kier molecular flexibility index (Phi) is 6.54. The molecule has 7 heteroatoms. The van der Waals surface area contributed by atoms with Crippen LogP contribution in [0.15, 0.2) is 72.8 Å². The Labute approximate surface area is 173 Å². The Morgan fingerprint density at radius 3 is 2.40 bits per heavy atom. The van der Waals surface area contributed by atoms with Gasteiger partial charge in [-0.1, -0.05) is 60.7 Å². The molecular weight excluding hydrogens is 384 g/mol. The highest BCUT2D eigenvalue weighted by Gasteiger charge is 2.24. The number of para-hydroxylation sites is 2. The second-order valence-corrected chi connectivity index (χ2v) is 6.67. The second-order valence-electron chi connectivity index (χ2n) is 6.67. The van der Waals surface area contributed by atoms with Crippen LogP contribution in [0.3, 0.4) is 0 Å². The molecule has 0 heterocycles. The van der Waals surface area contributed by atoms with E-state index in [1.54, 1.807) is 12.1 Å². The molecule has 0 spiro atoms. The van der Waals surface area contributed by atoms with Crippen molar-refractivity contribution in [3.8, 4) is 0 Å². The standard InChI is InChI=1S/C23H20N2O5/c1-16-8-7-12-19(22(16)25(28)29)23(27)30-15-21(26)24-20-13-6-5-11-18(20)14-17-9-3-2-4-10-17/h2-13H,14-15H2,1H3,(H,24,26). The molecule has 0 aliphatic carbocycles. The van der Waals surface area contributed by atoms with Crippen molar-refractivity contribution in [3.63, 3.8) is 0 Å². The summed E-state index contributed by atoms with van der Waals surface area (Å²) in [7, 11) is 0. The lowest BCUT2D eigenvalue weighted by atomic mass is 10.0. The molecule has 0 aliphatic heterocycles. The number of aryl methyl sites for hydroxylation is 1. The highest BCUT2D eigenvalue weighted by molar-refractivity contribution is 5.98. The average Bonchev–Trinajstić information content (AvgIpc) is 2.73. The summed E-state index contributed by atoms with van der Waals surface area (Å²) >= 11 is 0. The van der Waals surface area contributed by atoms with Gasteiger partial charge in [-0.2, -0.15) is 0 Å². The maximum absolute atomic E-state index is 12.3. The van der Waals surface area contributed by atoms with Crippen molar-refractivity contribution in [3.05, 3.63) is 105 Å². The van der Waals surface area contributed by atoms with Crippen LogP contribution < -0.4 is 5.32 Å². The number of benzene rings is 3. The second kappa shape index (κ2) is 9.47. The quantitative estimate of drug-likeness (QED) is 0.360. The SMILES string of the molecule is Cc1cccc(C(=O)OCC(=O)Nc2ccccc2Cc2ccccc2)c1[N+](=O)[O-]. The minimum absolute atomic E-state index is 0.183. The van der Waals surface area contributed by atoms with Crippen LogP contribution in [0.25, 0.3) is 0 Å². The third kappa shape index (κ3) is 5.08. The van der Waals surface area contributed by atoms with E-state index in [1.807, 2.05) is 42.5 Å². The summed E-state index contributed by atoms with van der Waals surface area (Å²) in [5.41, 5.74) is 2.46. The van der Waals surface area contributed by atoms with Gasteiger partial charge in [0.05, 0.1) is 4.92 Å². The lowest BCUT2D eigenvalue weighted by Gasteiger charge is -2.12. The monoisotopic (exact) mass is 404 g/mol. The van der Waals surface area contributed by atoms with Crippen LogP contribution in [-0.4, -0.2) is 23.4 Å². The zero-order valence-corrected chi connectivity index (χ0v) is 16.3. The molecule has 1 N–H and O–H groups in total. The Morgan fingerprint density at radius 2 is 1.67 bits per heavy atom. The van der Waals surface area contributed by atoms with Gasteiger partial charge in [-0.05, 0) is 36.6 Å². The predicted octanol–water partition coefficient (Wildman–Crippen LogP) is 4.29. The predicted molar refractivity (Wildman–Crippen MR) is 112 cm³/mol. The van der Waals surface area contributed by atoms with Gasteiger partial charge < -0.3 is 10.1 Å². The number of hydrogen-bond acceptors (Lipinski definition) is 5. The Bertz CT molecular complexity index is 1080. The maximum atomic E-state index is 12.3. The topological polar surface area (TPSA) is 98.5 Å². The molecule has 0 aromatic heterocycles. The fourth-order valence-corrected chi connectivity index (χ4v) is 3.07. The number of ether oxygens (including phenoxy) is 1. The lowest BCUT2D eigenvalue weighted by Crippen LogP contribution is -2.22. The van der Waals surface area contributed by atoms with Gasteiger partial charge in [-0.25, -0.2) is 4.79 Å². The van der Waals surface area contributed by atoms with Gasteiger partial charge in [0.2, 0.25) is 0 Å². The average molecular weight is 404 g/mol. The van der Waals surface area contributed by atoms with E-state index in [0.717, 1.165) is 11.1 Å². The zero-order chi connectivity index (χ0) is 21.5. The molecule has 1 amide bonds. The van der Waals surface area contributed by atoms with Crippen LogP contribution in [0.2, 0.25) is 0 Å². The molecule has 0 unspecified atom stereocenters. The van der Waals surface area contributed by atoms with Crippen molar-refractivity contribution in [1.29, 1.82) is 0 Å². The van der Waals surface area contributed by atoms with E-state index in [-0.39, 0.29) is 11.3 Å². The number of hydrogen-bond donors (Lipinski definition) is 1. The molecule has 0 saturated carbocycles. The number of amides is 1. The van der Waals surface area contributed by atoms with Crippen LogP contribution >= 0.6 is 0 Å². The van der Waals surface area contributed by atoms with E-state index in [4.69, 9.17) is 4.74 Å². The summed E-state index contributed by atoms with van der Waals surface area (Å²) in [6, 6.07) is 21.5. The smallest absolute Gasteiger partial charge is 0.345 e. The first-order chi connectivity index (χ1) is 14.5. The van der Waals surface area contributed by atoms with Crippen LogP contribution in [0.1, 0.15) is 27.0 Å². The van der Waals surface area contributed by atoms with Crippen molar-refractivity contribution in [2.45, 2.75) is 13.3 Å². The molecule has 0 atom stereocenters. The number of nitro groups is 1. The van der Waals surface area contributed by atoms with Crippen LogP contribution in [0.5, 0.6) is 0 Å². The Balaban J connectivity index is 1.66. The molecule has 3 aromatic rings. The molecule has 7 nitrogen and oxygen atoms in total. The fraction of sp³-hybridized carbons (Fsp3) is 0.130.